The molecule has 0 aromatic carbocycles. The third-order valence-corrected chi connectivity index (χ3v) is 4.16. The highest BCUT2D eigenvalue weighted by molar-refractivity contribution is 7.10. The molecule has 1 unspecified atom stereocenters. The molecule has 17 heavy (non-hydrogen) atoms. The molecule has 0 saturated heterocycles. The standard InChI is InChI=1S/C13H18N2OS/c1-3-6-14-9-13(16)15-7-4-12-11(10(15)2)5-8-17-12/h3,5,8,10,14H,1,4,6-7,9H2,2H3. The Morgan fingerprint density at radius 2 is 2.59 bits per heavy atom. The number of carbonyl (C=O) groups excluding carboxylic acids is 1. The summed E-state index contributed by atoms with van der Waals surface area (Å²) >= 11 is 1.80. The molecule has 0 saturated carbocycles. The Bertz CT molecular complexity index is 413. The van der Waals surface area contributed by atoms with Crippen molar-refractivity contribution in [1.82, 2.24) is 10.2 Å². The minimum atomic E-state index is 0.177. The topological polar surface area (TPSA) is 32.3 Å². The zero-order valence-electron chi connectivity index (χ0n) is 10.1. The van der Waals surface area contributed by atoms with Gasteiger partial charge in [-0.3, -0.25) is 4.79 Å². The maximum Gasteiger partial charge on any atom is 0.237 e. The number of carbonyl (C=O) groups is 1. The molecule has 1 aliphatic heterocycles. The first-order chi connectivity index (χ1) is 8.24. The minimum absolute atomic E-state index is 0.177. The van der Waals surface area contributed by atoms with Crippen molar-refractivity contribution in [3.05, 3.63) is 34.5 Å². The smallest absolute Gasteiger partial charge is 0.237 e. The van der Waals surface area contributed by atoms with Gasteiger partial charge >= 0.3 is 0 Å². The Morgan fingerprint density at radius 1 is 1.76 bits per heavy atom. The van der Waals surface area contributed by atoms with Crippen molar-refractivity contribution in [3.8, 4) is 0 Å². The quantitative estimate of drug-likeness (QED) is 0.654. The fourth-order valence-corrected chi connectivity index (χ4v) is 3.20. The highest BCUT2D eigenvalue weighted by atomic mass is 32.1. The summed E-state index contributed by atoms with van der Waals surface area (Å²) in [4.78, 5) is 15.4. The van der Waals surface area contributed by atoms with Crippen LogP contribution < -0.4 is 5.32 Å². The Hall–Kier alpha value is -1.13. The van der Waals surface area contributed by atoms with Crippen molar-refractivity contribution in [2.45, 2.75) is 19.4 Å². The van der Waals surface area contributed by atoms with E-state index in [0.717, 1.165) is 13.0 Å². The molecule has 1 aliphatic rings. The van der Waals surface area contributed by atoms with Crippen molar-refractivity contribution in [1.29, 1.82) is 0 Å². The largest absolute Gasteiger partial charge is 0.334 e. The minimum Gasteiger partial charge on any atom is -0.334 e. The van der Waals surface area contributed by atoms with Crippen LogP contribution in [0.1, 0.15) is 23.4 Å². The molecule has 92 valence electrons. The molecule has 1 aromatic heterocycles. The lowest BCUT2D eigenvalue weighted by atomic mass is 10.0. The first-order valence-electron chi connectivity index (χ1n) is 5.91. The lowest BCUT2D eigenvalue weighted by molar-refractivity contribution is -0.132. The number of nitrogens with one attached hydrogen (secondary N) is 1. The number of rotatable bonds is 4. The summed E-state index contributed by atoms with van der Waals surface area (Å²) < 4.78 is 0. The van der Waals surface area contributed by atoms with Gasteiger partial charge in [0.25, 0.3) is 0 Å². The first-order valence-corrected chi connectivity index (χ1v) is 6.79. The Balaban J connectivity index is 1.99. The number of thiophene rings is 1. The summed E-state index contributed by atoms with van der Waals surface area (Å²) in [5.41, 5.74) is 1.32. The Kier molecular flexibility index (Phi) is 3.97. The number of fused-ring (bicyclic) bond motifs is 1. The van der Waals surface area contributed by atoms with Gasteiger partial charge in [0, 0.05) is 18.0 Å². The van der Waals surface area contributed by atoms with E-state index in [1.54, 1.807) is 17.4 Å². The Morgan fingerprint density at radius 3 is 3.35 bits per heavy atom. The van der Waals surface area contributed by atoms with Gasteiger partial charge in [0.1, 0.15) is 0 Å². The van der Waals surface area contributed by atoms with E-state index < -0.39 is 0 Å². The van der Waals surface area contributed by atoms with Crippen LogP contribution in [0.15, 0.2) is 24.1 Å². The summed E-state index contributed by atoms with van der Waals surface area (Å²) in [7, 11) is 0. The van der Waals surface area contributed by atoms with Crippen LogP contribution in [0.4, 0.5) is 0 Å². The molecule has 1 amide bonds. The monoisotopic (exact) mass is 250 g/mol. The predicted molar refractivity (Wildman–Crippen MR) is 71.2 cm³/mol. The second kappa shape index (κ2) is 5.47. The average molecular weight is 250 g/mol. The van der Waals surface area contributed by atoms with Crippen LogP contribution in [0, 0.1) is 0 Å². The zero-order valence-corrected chi connectivity index (χ0v) is 10.9. The van der Waals surface area contributed by atoms with E-state index in [9.17, 15) is 4.79 Å². The van der Waals surface area contributed by atoms with Gasteiger partial charge in [0.05, 0.1) is 12.6 Å². The summed E-state index contributed by atoms with van der Waals surface area (Å²) in [6.45, 7) is 7.64. The van der Waals surface area contributed by atoms with Crippen LogP contribution >= 0.6 is 11.3 Å². The summed E-state index contributed by atoms with van der Waals surface area (Å²) in [5.74, 6) is 0.177. The SMILES string of the molecule is C=CCNCC(=O)N1CCc2sccc2C1C. The van der Waals surface area contributed by atoms with E-state index in [2.05, 4.69) is 30.3 Å². The average Bonchev–Trinajstić information content (AvgIpc) is 2.78. The maximum absolute atomic E-state index is 12.0. The molecule has 1 atom stereocenters. The highest BCUT2D eigenvalue weighted by Gasteiger charge is 2.27. The van der Waals surface area contributed by atoms with Gasteiger partial charge in [-0.2, -0.15) is 0 Å². The van der Waals surface area contributed by atoms with Crippen LogP contribution in [0.5, 0.6) is 0 Å². The predicted octanol–water partition coefficient (Wildman–Crippen LogP) is 1.97. The number of amides is 1. The van der Waals surface area contributed by atoms with E-state index in [-0.39, 0.29) is 11.9 Å². The second-order valence-electron chi connectivity index (χ2n) is 4.23. The van der Waals surface area contributed by atoms with Crippen molar-refractivity contribution in [2.75, 3.05) is 19.6 Å². The maximum atomic E-state index is 12.0. The number of hydrogen-bond acceptors (Lipinski definition) is 3. The summed E-state index contributed by atoms with van der Waals surface area (Å²) in [6.07, 6.45) is 2.76. The molecule has 0 bridgehead atoms. The molecule has 3 nitrogen and oxygen atoms in total. The lowest BCUT2D eigenvalue weighted by Crippen LogP contribution is -2.42. The second-order valence-corrected chi connectivity index (χ2v) is 5.23. The van der Waals surface area contributed by atoms with Gasteiger partial charge in [-0.05, 0) is 30.4 Å². The van der Waals surface area contributed by atoms with Crippen LogP contribution in [-0.4, -0.2) is 30.4 Å². The normalized spacial score (nSPS) is 18.9. The molecular weight excluding hydrogens is 232 g/mol. The number of nitrogens with zero attached hydrogens (tertiary/aromatic N) is 1. The van der Waals surface area contributed by atoms with Crippen molar-refractivity contribution in [2.24, 2.45) is 0 Å². The highest BCUT2D eigenvalue weighted by Crippen LogP contribution is 2.32. The van der Waals surface area contributed by atoms with E-state index in [1.165, 1.54) is 10.4 Å². The summed E-state index contributed by atoms with van der Waals surface area (Å²) in [5, 5.41) is 5.18. The van der Waals surface area contributed by atoms with Crippen molar-refractivity contribution in [3.63, 3.8) is 0 Å². The van der Waals surface area contributed by atoms with Gasteiger partial charge < -0.3 is 10.2 Å². The van der Waals surface area contributed by atoms with E-state index in [1.807, 2.05) is 4.90 Å². The van der Waals surface area contributed by atoms with Gasteiger partial charge in [0.2, 0.25) is 5.91 Å². The molecule has 1 N–H and O–H groups in total. The molecular formula is C13H18N2OS. The van der Waals surface area contributed by atoms with Gasteiger partial charge in [-0.25, -0.2) is 0 Å². The Labute approximate surface area is 106 Å². The molecule has 4 heteroatoms. The fourth-order valence-electron chi connectivity index (χ4n) is 2.23. The van der Waals surface area contributed by atoms with Crippen molar-refractivity contribution < 1.29 is 4.79 Å². The van der Waals surface area contributed by atoms with Crippen LogP contribution in [-0.2, 0) is 11.2 Å². The fraction of sp³-hybridized carbons (Fsp3) is 0.462. The third-order valence-electron chi connectivity index (χ3n) is 3.16. The third kappa shape index (κ3) is 2.58. The van der Waals surface area contributed by atoms with E-state index >= 15 is 0 Å². The first kappa shape index (κ1) is 12.3. The lowest BCUT2D eigenvalue weighted by Gasteiger charge is -2.33. The molecule has 0 fully saturated rings. The van der Waals surface area contributed by atoms with Crippen molar-refractivity contribution >= 4 is 17.2 Å². The zero-order chi connectivity index (χ0) is 12.3. The van der Waals surface area contributed by atoms with Gasteiger partial charge in [0.15, 0.2) is 0 Å². The molecule has 1 aromatic rings. The van der Waals surface area contributed by atoms with Gasteiger partial charge in [-0.15, -0.1) is 17.9 Å². The molecule has 0 aliphatic carbocycles. The molecule has 0 spiro atoms. The van der Waals surface area contributed by atoms with Crippen LogP contribution in [0.25, 0.3) is 0 Å². The van der Waals surface area contributed by atoms with Crippen LogP contribution in [0.3, 0.4) is 0 Å². The van der Waals surface area contributed by atoms with Gasteiger partial charge in [-0.1, -0.05) is 6.08 Å². The summed E-state index contributed by atoms with van der Waals surface area (Å²) in [6, 6.07) is 2.35. The molecule has 2 rings (SSSR count). The molecule has 2 heterocycles. The molecule has 0 radical (unpaired) electrons. The number of hydrogen-bond donors (Lipinski definition) is 1. The van der Waals surface area contributed by atoms with E-state index in [0.29, 0.717) is 13.1 Å². The van der Waals surface area contributed by atoms with Crippen LogP contribution in [0.2, 0.25) is 0 Å². The van der Waals surface area contributed by atoms with E-state index in [4.69, 9.17) is 0 Å².